The van der Waals surface area contributed by atoms with Crippen LogP contribution in [0.4, 0.5) is 0 Å². The molecule has 1 nitrogen and oxygen atoms in total. The highest BCUT2D eigenvalue weighted by Gasteiger charge is 2.14. The first-order valence-corrected chi connectivity index (χ1v) is 5.06. The Morgan fingerprint density at radius 1 is 1.29 bits per heavy atom. The van der Waals surface area contributed by atoms with Crippen LogP contribution in [0.15, 0.2) is 40.9 Å². The van der Waals surface area contributed by atoms with Crippen LogP contribution < -0.4 is 0 Å². The SMILES string of the molecule is CC1=NC(C)C/C1=C\c1ccccc1. The lowest BCUT2D eigenvalue weighted by atomic mass is 10.0. The summed E-state index contributed by atoms with van der Waals surface area (Å²) in [5.41, 5.74) is 3.84. The molecule has 1 heteroatoms. The molecular weight excluding hydrogens is 170 g/mol. The lowest BCUT2D eigenvalue weighted by Gasteiger charge is -1.98. The molecule has 0 N–H and O–H groups in total. The Hall–Kier alpha value is -1.37. The van der Waals surface area contributed by atoms with Gasteiger partial charge in [0, 0.05) is 5.71 Å². The van der Waals surface area contributed by atoms with Gasteiger partial charge in [0.05, 0.1) is 6.04 Å². The van der Waals surface area contributed by atoms with Gasteiger partial charge in [-0.05, 0) is 37.5 Å². The van der Waals surface area contributed by atoms with Crippen molar-refractivity contribution in [3.63, 3.8) is 0 Å². The van der Waals surface area contributed by atoms with E-state index in [1.54, 1.807) is 0 Å². The van der Waals surface area contributed by atoms with Crippen LogP contribution in [0.25, 0.3) is 6.08 Å². The van der Waals surface area contributed by atoms with Gasteiger partial charge in [0.1, 0.15) is 0 Å². The van der Waals surface area contributed by atoms with E-state index in [2.05, 4.69) is 49.2 Å². The number of nitrogens with zero attached hydrogens (tertiary/aromatic N) is 1. The normalized spacial score (nSPS) is 24.0. The topological polar surface area (TPSA) is 12.4 Å². The van der Waals surface area contributed by atoms with Gasteiger partial charge in [-0.3, -0.25) is 4.99 Å². The molecule has 0 aromatic heterocycles. The van der Waals surface area contributed by atoms with Crippen LogP contribution >= 0.6 is 0 Å². The lowest BCUT2D eigenvalue weighted by molar-refractivity contribution is 0.784. The highest BCUT2D eigenvalue weighted by atomic mass is 14.8. The summed E-state index contributed by atoms with van der Waals surface area (Å²) in [6, 6.07) is 10.9. The molecule has 0 aliphatic carbocycles. The number of aliphatic imine (C=N–C) groups is 1. The van der Waals surface area contributed by atoms with Crippen molar-refractivity contribution in [2.24, 2.45) is 4.99 Å². The molecule has 0 radical (unpaired) electrons. The number of hydrogen-bond acceptors (Lipinski definition) is 1. The molecule has 1 aliphatic heterocycles. The van der Waals surface area contributed by atoms with Gasteiger partial charge < -0.3 is 0 Å². The summed E-state index contributed by atoms with van der Waals surface area (Å²) in [6.45, 7) is 4.26. The Morgan fingerprint density at radius 3 is 2.57 bits per heavy atom. The van der Waals surface area contributed by atoms with Gasteiger partial charge in [0.15, 0.2) is 0 Å². The van der Waals surface area contributed by atoms with Crippen molar-refractivity contribution in [2.75, 3.05) is 0 Å². The first-order valence-electron chi connectivity index (χ1n) is 5.06. The zero-order chi connectivity index (χ0) is 9.97. The summed E-state index contributed by atoms with van der Waals surface area (Å²) in [6.07, 6.45) is 3.32. The quantitative estimate of drug-likeness (QED) is 0.636. The predicted octanol–water partition coefficient (Wildman–Crippen LogP) is 3.32. The summed E-state index contributed by atoms with van der Waals surface area (Å²) in [4.78, 5) is 4.51. The van der Waals surface area contributed by atoms with Crippen molar-refractivity contribution < 1.29 is 0 Å². The van der Waals surface area contributed by atoms with Crippen molar-refractivity contribution >= 4 is 11.8 Å². The molecule has 14 heavy (non-hydrogen) atoms. The minimum atomic E-state index is 0.463. The molecular formula is C13H15N. The van der Waals surface area contributed by atoms with E-state index in [1.807, 2.05) is 6.07 Å². The first kappa shape index (κ1) is 9.20. The zero-order valence-electron chi connectivity index (χ0n) is 8.70. The minimum absolute atomic E-state index is 0.463. The largest absolute Gasteiger partial charge is 0.286 e. The average Bonchev–Trinajstić information content (AvgIpc) is 2.47. The number of benzene rings is 1. The molecule has 1 atom stereocenters. The van der Waals surface area contributed by atoms with E-state index in [1.165, 1.54) is 16.8 Å². The minimum Gasteiger partial charge on any atom is -0.286 e. The van der Waals surface area contributed by atoms with Gasteiger partial charge >= 0.3 is 0 Å². The molecule has 1 unspecified atom stereocenters. The van der Waals surface area contributed by atoms with E-state index in [-0.39, 0.29) is 0 Å². The third kappa shape index (κ3) is 1.92. The van der Waals surface area contributed by atoms with E-state index in [0.29, 0.717) is 6.04 Å². The third-order valence-corrected chi connectivity index (χ3v) is 2.53. The van der Waals surface area contributed by atoms with Crippen molar-refractivity contribution in [1.82, 2.24) is 0 Å². The Bertz CT molecular complexity index is 373. The fourth-order valence-electron chi connectivity index (χ4n) is 1.84. The maximum Gasteiger partial charge on any atom is 0.0515 e. The molecule has 0 spiro atoms. The summed E-state index contributed by atoms with van der Waals surface area (Å²) in [7, 11) is 0. The van der Waals surface area contributed by atoms with Gasteiger partial charge in [0.2, 0.25) is 0 Å². The van der Waals surface area contributed by atoms with Gasteiger partial charge in [0.25, 0.3) is 0 Å². The average molecular weight is 185 g/mol. The Kier molecular flexibility index (Phi) is 2.49. The Morgan fingerprint density at radius 2 is 2.00 bits per heavy atom. The van der Waals surface area contributed by atoms with E-state index in [4.69, 9.17) is 0 Å². The fourth-order valence-corrected chi connectivity index (χ4v) is 1.84. The first-order chi connectivity index (χ1) is 6.75. The number of rotatable bonds is 1. The van der Waals surface area contributed by atoms with Crippen LogP contribution in [-0.4, -0.2) is 11.8 Å². The van der Waals surface area contributed by atoms with Gasteiger partial charge in [-0.1, -0.05) is 30.3 Å². The van der Waals surface area contributed by atoms with Gasteiger partial charge in [-0.25, -0.2) is 0 Å². The smallest absolute Gasteiger partial charge is 0.0515 e. The summed E-state index contributed by atoms with van der Waals surface area (Å²) < 4.78 is 0. The van der Waals surface area contributed by atoms with Gasteiger partial charge in [-0.2, -0.15) is 0 Å². The highest BCUT2D eigenvalue weighted by molar-refractivity contribution is 6.03. The van der Waals surface area contributed by atoms with Crippen molar-refractivity contribution in [3.05, 3.63) is 41.5 Å². The number of hydrogen-bond donors (Lipinski definition) is 0. The van der Waals surface area contributed by atoms with E-state index < -0.39 is 0 Å². The van der Waals surface area contributed by atoms with Crippen LogP contribution in [-0.2, 0) is 0 Å². The fraction of sp³-hybridized carbons (Fsp3) is 0.308. The monoisotopic (exact) mass is 185 g/mol. The van der Waals surface area contributed by atoms with Crippen molar-refractivity contribution in [3.8, 4) is 0 Å². The van der Waals surface area contributed by atoms with E-state index in [9.17, 15) is 0 Å². The maximum absolute atomic E-state index is 4.51. The zero-order valence-corrected chi connectivity index (χ0v) is 8.70. The molecule has 0 amide bonds. The Labute approximate surface area is 85.2 Å². The summed E-state index contributed by atoms with van der Waals surface area (Å²) in [5.74, 6) is 0. The molecule has 1 aromatic carbocycles. The molecule has 0 fully saturated rings. The second-order valence-corrected chi connectivity index (χ2v) is 3.85. The highest BCUT2D eigenvalue weighted by Crippen LogP contribution is 2.21. The van der Waals surface area contributed by atoms with Crippen LogP contribution in [0.3, 0.4) is 0 Å². The molecule has 2 rings (SSSR count). The van der Waals surface area contributed by atoms with Crippen molar-refractivity contribution in [2.45, 2.75) is 26.3 Å². The molecule has 1 aliphatic rings. The van der Waals surface area contributed by atoms with Crippen LogP contribution in [0.5, 0.6) is 0 Å². The Balaban J connectivity index is 2.25. The van der Waals surface area contributed by atoms with Gasteiger partial charge in [-0.15, -0.1) is 0 Å². The summed E-state index contributed by atoms with van der Waals surface area (Å²) in [5, 5.41) is 0. The summed E-state index contributed by atoms with van der Waals surface area (Å²) >= 11 is 0. The van der Waals surface area contributed by atoms with Crippen molar-refractivity contribution in [1.29, 1.82) is 0 Å². The van der Waals surface area contributed by atoms with Crippen LogP contribution in [0, 0.1) is 0 Å². The lowest BCUT2D eigenvalue weighted by Crippen LogP contribution is -1.91. The second kappa shape index (κ2) is 3.79. The maximum atomic E-state index is 4.51. The van der Waals surface area contributed by atoms with E-state index in [0.717, 1.165) is 6.42 Å². The molecule has 0 bridgehead atoms. The third-order valence-electron chi connectivity index (χ3n) is 2.53. The second-order valence-electron chi connectivity index (χ2n) is 3.85. The molecule has 72 valence electrons. The van der Waals surface area contributed by atoms with Crippen LogP contribution in [0.1, 0.15) is 25.8 Å². The molecule has 0 saturated heterocycles. The standard InChI is InChI=1S/C13H15N/c1-10-8-13(11(2)14-10)9-12-6-4-3-5-7-12/h3-7,9-10H,8H2,1-2H3/b13-9+. The molecule has 1 heterocycles. The van der Waals surface area contributed by atoms with E-state index >= 15 is 0 Å². The molecule has 0 saturated carbocycles. The predicted molar refractivity (Wildman–Crippen MR) is 61.6 cm³/mol. The molecule has 1 aromatic rings. The van der Waals surface area contributed by atoms with Crippen LogP contribution in [0.2, 0.25) is 0 Å².